The van der Waals surface area contributed by atoms with Crippen LogP contribution in [-0.2, 0) is 6.54 Å². The van der Waals surface area contributed by atoms with E-state index in [0.29, 0.717) is 18.0 Å². The summed E-state index contributed by atoms with van der Waals surface area (Å²) in [5.41, 5.74) is 1.24. The summed E-state index contributed by atoms with van der Waals surface area (Å²) in [6.45, 7) is 2.44. The molecule has 0 unspecified atom stereocenters. The van der Waals surface area contributed by atoms with E-state index < -0.39 is 5.97 Å². The number of aromatic carboxylic acids is 1. The van der Waals surface area contributed by atoms with Gasteiger partial charge in [-0.25, -0.2) is 4.79 Å². The van der Waals surface area contributed by atoms with Crippen LogP contribution in [0.1, 0.15) is 39.7 Å². The standard InChI is InChI=1S/C18H21NO3S/c20-17(16-6-3-11-23-16)13-7-9-19(10-8-13)12-14-4-1-2-5-15(14)18(21)22/h1-6,11,13,17,20H,7-10,12H2,(H,21,22)/t17-/m0/s1. The Bertz CT molecular complexity index is 648. The second-order valence-electron chi connectivity index (χ2n) is 6.04. The van der Waals surface area contributed by atoms with Gasteiger partial charge >= 0.3 is 5.97 Å². The Hall–Kier alpha value is -1.69. The summed E-state index contributed by atoms with van der Waals surface area (Å²) in [5.74, 6) is -0.580. The van der Waals surface area contributed by atoms with E-state index in [1.54, 1.807) is 23.5 Å². The number of thiophene rings is 1. The zero-order valence-corrected chi connectivity index (χ0v) is 13.7. The van der Waals surface area contributed by atoms with Gasteiger partial charge in [0.15, 0.2) is 0 Å². The smallest absolute Gasteiger partial charge is 0.336 e. The molecule has 1 atom stereocenters. The molecule has 1 aliphatic rings. The normalized spacial score (nSPS) is 18.0. The van der Waals surface area contributed by atoms with Crippen molar-refractivity contribution >= 4 is 17.3 Å². The average molecular weight is 331 g/mol. The van der Waals surface area contributed by atoms with Gasteiger partial charge in [0, 0.05) is 11.4 Å². The molecule has 5 heteroatoms. The number of hydrogen-bond acceptors (Lipinski definition) is 4. The SMILES string of the molecule is O=C(O)c1ccccc1CN1CCC([C@H](O)c2cccs2)CC1. The molecule has 2 aromatic rings. The Morgan fingerprint density at radius 3 is 2.61 bits per heavy atom. The molecular formula is C18H21NO3S. The molecule has 0 saturated carbocycles. The van der Waals surface area contributed by atoms with Crippen LogP contribution in [0.4, 0.5) is 0 Å². The molecule has 0 spiro atoms. The largest absolute Gasteiger partial charge is 0.478 e. The van der Waals surface area contributed by atoms with Crippen LogP contribution >= 0.6 is 11.3 Å². The molecule has 3 rings (SSSR count). The molecule has 1 saturated heterocycles. The molecular weight excluding hydrogens is 310 g/mol. The summed E-state index contributed by atoms with van der Waals surface area (Å²) in [6.07, 6.45) is 1.51. The molecule has 1 aliphatic heterocycles. The van der Waals surface area contributed by atoms with Crippen molar-refractivity contribution in [2.75, 3.05) is 13.1 Å². The first kappa shape index (κ1) is 16.2. The van der Waals surface area contributed by atoms with Crippen LogP contribution in [0.2, 0.25) is 0 Å². The molecule has 0 bridgehead atoms. The van der Waals surface area contributed by atoms with Crippen molar-refractivity contribution in [1.82, 2.24) is 4.90 Å². The highest BCUT2D eigenvalue weighted by atomic mass is 32.1. The first-order chi connectivity index (χ1) is 11.1. The maximum absolute atomic E-state index is 11.3. The predicted molar refractivity (Wildman–Crippen MR) is 90.7 cm³/mol. The number of hydrogen-bond donors (Lipinski definition) is 2. The third-order valence-corrected chi connectivity index (χ3v) is 5.50. The highest BCUT2D eigenvalue weighted by molar-refractivity contribution is 7.10. The van der Waals surface area contributed by atoms with Gasteiger partial charge < -0.3 is 10.2 Å². The molecule has 0 radical (unpaired) electrons. The van der Waals surface area contributed by atoms with Crippen molar-refractivity contribution < 1.29 is 15.0 Å². The van der Waals surface area contributed by atoms with Gasteiger partial charge in [-0.15, -0.1) is 11.3 Å². The van der Waals surface area contributed by atoms with E-state index in [1.807, 2.05) is 29.6 Å². The van der Waals surface area contributed by atoms with E-state index in [9.17, 15) is 15.0 Å². The zero-order chi connectivity index (χ0) is 16.2. The first-order valence-electron chi connectivity index (χ1n) is 7.90. The quantitative estimate of drug-likeness (QED) is 0.881. The van der Waals surface area contributed by atoms with Gasteiger partial charge in [-0.3, -0.25) is 4.90 Å². The van der Waals surface area contributed by atoms with Crippen molar-refractivity contribution in [1.29, 1.82) is 0 Å². The molecule has 0 aliphatic carbocycles. The van der Waals surface area contributed by atoms with E-state index in [-0.39, 0.29) is 6.10 Å². The van der Waals surface area contributed by atoms with Crippen LogP contribution in [0.3, 0.4) is 0 Å². The number of piperidine rings is 1. The first-order valence-corrected chi connectivity index (χ1v) is 8.78. The predicted octanol–water partition coefficient (Wildman–Crippen LogP) is 3.39. The van der Waals surface area contributed by atoms with E-state index in [2.05, 4.69) is 4.90 Å². The van der Waals surface area contributed by atoms with Crippen molar-refractivity contribution in [3.63, 3.8) is 0 Å². The number of nitrogens with zero attached hydrogens (tertiary/aromatic N) is 1. The number of carboxylic acid groups (broad SMARTS) is 1. The summed E-state index contributed by atoms with van der Waals surface area (Å²) >= 11 is 1.60. The number of likely N-dealkylation sites (tertiary alicyclic amines) is 1. The van der Waals surface area contributed by atoms with Gasteiger partial charge in [0.25, 0.3) is 0 Å². The fourth-order valence-electron chi connectivity index (χ4n) is 3.23. The molecule has 23 heavy (non-hydrogen) atoms. The minimum absolute atomic E-state index is 0.291. The van der Waals surface area contributed by atoms with Crippen LogP contribution in [0, 0.1) is 5.92 Å². The number of rotatable bonds is 5. The zero-order valence-electron chi connectivity index (χ0n) is 12.9. The van der Waals surface area contributed by atoms with Gasteiger partial charge in [-0.05, 0) is 54.9 Å². The Labute approximate surface area is 140 Å². The summed E-state index contributed by atoms with van der Waals surface area (Å²) in [5, 5.41) is 21.7. The number of aliphatic hydroxyl groups excluding tert-OH is 1. The summed E-state index contributed by atoms with van der Waals surface area (Å²) in [6, 6.07) is 11.2. The topological polar surface area (TPSA) is 60.8 Å². The van der Waals surface area contributed by atoms with Crippen molar-refractivity contribution in [2.24, 2.45) is 5.92 Å². The fourth-order valence-corrected chi connectivity index (χ4v) is 4.03. The minimum atomic E-state index is -0.872. The van der Waals surface area contributed by atoms with E-state index in [0.717, 1.165) is 36.4 Å². The highest BCUT2D eigenvalue weighted by Crippen LogP contribution is 2.33. The lowest BCUT2D eigenvalue weighted by Crippen LogP contribution is -2.35. The second kappa shape index (κ2) is 7.25. The van der Waals surface area contributed by atoms with E-state index in [4.69, 9.17) is 0 Å². The van der Waals surface area contributed by atoms with Crippen molar-refractivity contribution in [3.8, 4) is 0 Å². The Balaban J connectivity index is 1.59. The molecule has 4 nitrogen and oxygen atoms in total. The van der Waals surface area contributed by atoms with Crippen molar-refractivity contribution in [3.05, 3.63) is 57.8 Å². The van der Waals surface area contributed by atoms with Crippen LogP contribution in [0.5, 0.6) is 0 Å². The lowest BCUT2D eigenvalue weighted by molar-refractivity contribution is 0.0586. The number of carbonyl (C=O) groups is 1. The summed E-state index contributed by atoms with van der Waals surface area (Å²) < 4.78 is 0. The second-order valence-corrected chi connectivity index (χ2v) is 7.02. The highest BCUT2D eigenvalue weighted by Gasteiger charge is 2.27. The van der Waals surface area contributed by atoms with Gasteiger partial charge in [0.05, 0.1) is 11.7 Å². The van der Waals surface area contributed by atoms with Crippen LogP contribution in [0.15, 0.2) is 41.8 Å². The van der Waals surface area contributed by atoms with Gasteiger partial charge in [-0.2, -0.15) is 0 Å². The maximum atomic E-state index is 11.3. The van der Waals surface area contributed by atoms with Crippen LogP contribution in [-0.4, -0.2) is 34.2 Å². The van der Waals surface area contributed by atoms with E-state index in [1.165, 1.54) is 0 Å². The monoisotopic (exact) mass is 331 g/mol. The summed E-state index contributed by atoms with van der Waals surface area (Å²) in [7, 11) is 0. The lowest BCUT2D eigenvalue weighted by Gasteiger charge is -2.34. The van der Waals surface area contributed by atoms with Crippen molar-refractivity contribution in [2.45, 2.75) is 25.5 Å². The molecule has 1 fully saturated rings. The Morgan fingerprint density at radius 2 is 1.96 bits per heavy atom. The van der Waals surface area contributed by atoms with Gasteiger partial charge in [0.1, 0.15) is 0 Å². The Kier molecular flexibility index (Phi) is 5.10. The number of carboxylic acids is 1. The third kappa shape index (κ3) is 3.80. The number of aliphatic hydroxyl groups is 1. The molecule has 1 aromatic heterocycles. The van der Waals surface area contributed by atoms with Crippen LogP contribution < -0.4 is 0 Å². The Morgan fingerprint density at radius 1 is 1.22 bits per heavy atom. The number of benzene rings is 1. The molecule has 0 amide bonds. The molecule has 2 heterocycles. The minimum Gasteiger partial charge on any atom is -0.478 e. The maximum Gasteiger partial charge on any atom is 0.336 e. The fraction of sp³-hybridized carbons (Fsp3) is 0.389. The van der Waals surface area contributed by atoms with Gasteiger partial charge in [-0.1, -0.05) is 24.3 Å². The molecule has 122 valence electrons. The van der Waals surface area contributed by atoms with Crippen LogP contribution in [0.25, 0.3) is 0 Å². The average Bonchev–Trinajstić information content (AvgIpc) is 3.10. The van der Waals surface area contributed by atoms with Gasteiger partial charge in [0.2, 0.25) is 0 Å². The summed E-state index contributed by atoms with van der Waals surface area (Å²) in [4.78, 5) is 14.6. The third-order valence-electron chi connectivity index (χ3n) is 4.56. The molecule has 2 N–H and O–H groups in total. The van der Waals surface area contributed by atoms with E-state index >= 15 is 0 Å². The molecule has 1 aromatic carbocycles. The lowest BCUT2D eigenvalue weighted by atomic mass is 9.90.